The Morgan fingerprint density at radius 2 is 1.86 bits per heavy atom. The number of nitrogens with one attached hydrogen (secondary N) is 2. The summed E-state index contributed by atoms with van der Waals surface area (Å²) in [4.78, 5) is 24.3. The molecule has 2 atom stereocenters. The van der Waals surface area contributed by atoms with E-state index in [0.29, 0.717) is 6.54 Å². The minimum Gasteiger partial charge on any atom is -0.453 e. The molecule has 0 radical (unpaired) electrons. The molecule has 0 saturated carbocycles. The normalized spacial score (nSPS) is 16.6. The van der Waals surface area contributed by atoms with E-state index in [1.807, 2.05) is 24.3 Å². The van der Waals surface area contributed by atoms with Crippen LogP contribution in [0.5, 0.6) is 0 Å². The van der Waals surface area contributed by atoms with E-state index in [4.69, 9.17) is 4.74 Å². The summed E-state index contributed by atoms with van der Waals surface area (Å²) in [6, 6.07) is 11.7. The van der Waals surface area contributed by atoms with E-state index < -0.39 is 29.7 Å². The van der Waals surface area contributed by atoms with Gasteiger partial charge < -0.3 is 15.4 Å². The van der Waals surface area contributed by atoms with Crippen LogP contribution in [0, 0.1) is 0 Å². The molecule has 28 heavy (non-hydrogen) atoms. The fraction of sp³-hybridized carbons (Fsp3) is 0.300. The quantitative estimate of drug-likeness (QED) is 0.750. The Balaban J connectivity index is 1.52. The monoisotopic (exact) mass is 392 g/mol. The summed E-state index contributed by atoms with van der Waals surface area (Å²) < 4.78 is 42.9. The van der Waals surface area contributed by atoms with Gasteiger partial charge in [0.05, 0.1) is 12.0 Å². The molecule has 0 bridgehead atoms. The van der Waals surface area contributed by atoms with Crippen molar-refractivity contribution < 1.29 is 27.5 Å². The first-order chi connectivity index (χ1) is 13.2. The molecular weight excluding hydrogens is 373 g/mol. The van der Waals surface area contributed by atoms with Gasteiger partial charge in [-0.2, -0.15) is 13.2 Å². The average Bonchev–Trinajstić information content (AvgIpc) is 3.04. The number of fused-ring (bicyclic) bond motifs is 1. The van der Waals surface area contributed by atoms with Crippen molar-refractivity contribution >= 4 is 23.3 Å². The van der Waals surface area contributed by atoms with Crippen molar-refractivity contribution in [2.45, 2.75) is 31.5 Å². The molecule has 2 N–H and O–H groups in total. The average molecular weight is 392 g/mol. The van der Waals surface area contributed by atoms with E-state index in [-0.39, 0.29) is 18.0 Å². The number of hydrogen-bond acceptors (Lipinski definition) is 4. The summed E-state index contributed by atoms with van der Waals surface area (Å²) in [5.74, 6) is -1.16. The molecule has 148 valence electrons. The number of para-hydroxylation sites is 1. The second-order valence-electron chi connectivity index (χ2n) is 6.57. The Bertz CT molecular complexity index is 866. The largest absolute Gasteiger partial charge is 0.453 e. The Labute approximate surface area is 159 Å². The smallest absolute Gasteiger partial charge is 0.416 e. The molecular formula is C20H19F3N2O3. The van der Waals surface area contributed by atoms with Crippen molar-refractivity contribution in [1.82, 2.24) is 0 Å². The second-order valence-corrected chi connectivity index (χ2v) is 6.57. The van der Waals surface area contributed by atoms with E-state index in [9.17, 15) is 22.8 Å². The van der Waals surface area contributed by atoms with E-state index >= 15 is 0 Å². The van der Waals surface area contributed by atoms with Crippen LogP contribution >= 0.6 is 0 Å². The van der Waals surface area contributed by atoms with Crippen LogP contribution in [0.1, 0.15) is 30.4 Å². The molecule has 0 spiro atoms. The summed E-state index contributed by atoms with van der Waals surface area (Å²) in [5, 5.41) is 5.65. The van der Waals surface area contributed by atoms with E-state index in [1.54, 1.807) is 0 Å². The molecule has 1 amide bonds. The van der Waals surface area contributed by atoms with Crippen LogP contribution in [-0.4, -0.2) is 24.5 Å². The molecule has 1 aliphatic rings. The lowest BCUT2D eigenvalue weighted by Crippen LogP contribution is -2.30. The van der Waals surface area contributed by atoms with E-state index in [2.05, 4.69) is 10.6 Å². The number of carbonyl (C=O) groups is 2. The van der Waals surface area contributed by atoms with Gasteiger partial charge in [-0.1, -0.05) is 18.2 Å². The van der Waals surface area contributed by atoms with E-state index in [1.165, 1.54) is 6.92 Å². The van der Waals surface area contributed by atoms with Crippen LogP contribution in [0.4, 0.5) is 24.5 Å². The molecule has 0 saturated heterocycles. The number of esters is 1. The van der Waals surface area contributed by atoms with Gasteiger partial charge >= 0.3 is 12.1 Å². The number of halogens is 3. The lowest BCUT2D eigenvalue weighted by atomic mass is 9.98. The summed E-state index contributed by atoms with van der Waals surface area (Å²) in [6.07, 6.45) is -5.39. The maximum atomic E-state index is 12.6. The van der Waals surface area contributed by atoms with Gasteiger partial charge in [0, 0.05) is 23.8 Å². The summed E-state index contributed by atoms with van der Waals surface area (Å²) in [7, 11) is 0. The Morgan fingerprint density at radius 1 is 1.18 bits per heavy atom. The predicted octanol–water partition coefficient (Wildman–Crippen LogP) is 4.18. The zero-order chi connectivity index (χ0) is 20.3. The fourth-order valence-electron chi connectivity index (χ4n) is 3.03. The minimum atomic E-state index is -4.45. The van der Waals surface area contributed by atoms with Crippen molar-refractivity contribution in [3.05, 3.63) is 59.7 Å². The van der Waals surface area contributed by atoms with Crippen molar-refractivity contribution in [2.24, 2.45) is 0 Å². The molecule has 2 aromatic carbocycles. The molecule has 1 aliphatic heterocycles. The van der Waals surface area contributed by atoms with Crippen molar-refractivity contribution in [3.63, 3.8) is 0 Å². The highest BCUT2D eigenvalue weighted by Gasteiger charge is 2.30. The van der Waals surface area contributed by atoms with Gasteiger partial charge in [-0.25, -0.2) is 0 Å². The maximum absolute atomic E-state index is 12.6. The molecule has 8 heteroatoms. The molecule has 3 rings (SSSR count). The van der Waals surface area contributed by atoms with Gasteiger partial charge in [-0.05, 0) is 42.8 Å². The zero-order valence-corrected chi connectivity index (χ0v) is 15.0. The molecule has 0 aliphatic carbocycles. The van der Waals surface area contributed by atoms with Gasteiger partial charge in [0.25, 0.3) is 5.91 Å². The number of rotatable bonds is 5. The Kier molecular flexibility index (Phi) is 5.58. The van der Waals surface area contributed by atoms with Crippen LogP contribution in [0.15, 0.2) is 48.5 Å². The standard InChI is InChI=1S/C20H19F3N2O3/c1-12(19(27)25-15-8-6-14(7-9-15)20(21,22)23)28-18(26)10-13-11-24-17-5-3-2-4-16(13)17/h2-9,12-13,24H,10-11H2,1H3,(H,25,27). The highest BCUT2D eigenvalue weighted by Crippen LogP contribution is 2.33. The highest BCUT2D eigenvalue weighted by molar-refractivity contribution is 5.95. The Morgan fingerprint density at radius 3 is 2.54 bits per heavy atom. The van der Waals surface area contributed by atoms with Gasteiger partial charge in [-0.3, -0.25) is 9.59 Å². The molecule has 0 aromatic heterocycles. The van der Waals surface area contributed by atoms with Crippen LogP contribution < -0.4 is 10.6 Å². The van der Waals surface area contributed by atoms with Crippen molar-refractivity contribution in [3.8, 4) is 0 Å². The number of alkyl halides is 3. The first-order valence-electron chi connectivity index (χ1n) is 8.74. The number of ether oxygens (including phenoxy) is 1. The molecule has 1 heterocycles. The van der Waals surface area contributed by atoms with Crippen LogP contribution in [0.25, 0.3) is 0 Å². The van der Waals surface area contributed by atoms with Crippen molar-refractivity contribution in [1.29, 1.82) is 0 Å². The van der Waals surface area contributed by atoms with Crippen LogP contribution in [-0.2, 0) is 20.5 Å². The third-order valence-corrected chi connectivity index (χ3v) is 4.51. The highest BCUT2D eigenvalue weighted by atomic mass is 19.4. The first-order valence-corrected chi connectivity index (χ1v) is 8.74. The Hall–Kier alpha value is -3.03. The third kappa shape index (κ3) is 4.62. The third-order valence-electron chi connectivity index (χ3n) is 4.51. The number of carbonyl (C=O) groups excluding carboxylic acids is 2. The number of hydrogen-bond donors (Lipinski definition) is 2. The second kappa shape index (κ2) is 7.92. The molecule has 0 fully saturated rings. The van der Waals surface area contributed by atoms with Crippen LogP contribution in [0.2, 0.25) is 0 Å². The SMILES string of the molecule is CC(OC(=O)CC1CNc2ccccc21)C(=O)Nc1ccc(C(F)(F)F)cc1. The summed E-state index contributed by atoms with van der Waals surface area (Å²) in [6.45, 7) is 2.03. The van der Waals surface area contributed by atoms with Gasteiger partial charge in [-0.15, -0.1) is 0 Å². The van der Waals surface area contributed by atoms with Gasteiger partial charge in [0.1, 0.15) is 0 Å². The fourth-order valence-corrected chi connectivity index (χ4v) is 3.03. The van der Waals surface area contributed by atoms with Gasteiger partial charge in [0.15, 0.2) is 6.10 Å². The van der Waals surface area contributed by atoms with E-state index in [0.717, 1.165) is 35.5 Å². The first kappa shape index (κ1) is 19.7. The number of amides is 1. The zero-order valence-electron chi connectivity index (χ0n) is 15.0. The minimum absolute atomic E-state index is 0.0334. The molecule has 2 aromatic rings. The lowest BCUT2D eigenvalue weighted by molar-refractivity contribution is -0.153. The van der Waals surface area contributed by atoms with Crippen molar-refractivity contribution in [2.75, 3.05) is 17.2 Å². The molecule has 5 nitrogen and oxygen atoms in total. The van der Waals surface area contributed by atoms with Gasteiger partial charge in [0.2, 0.25) is 0 Å². The number of anilines is 2. The maximum Gasteiger partial charge on any atom is 0.416 e. The summed E-state index contributed by atoms with van der Waals surface area (Å²) in [5.41, 5.74) is 1.39. The van der Waals surface area contributed by atoms with Crippen LogP contribution in [0.3, 0.4) is 0 Å². The number of benzene rings is 2. The lowest BCUT2D eigenvalue weighted by Gasteiger charge is -2.16. The predicted molar refractivity (Wildman–Crippen MR) is 97.9 cm³/mol. The molecule has 2 unspecified atom stereocenters. The topological polar surface area (TPSA) is 67.4 Å². The summed E-state index contributed by atoms with van der Waals surface area (Å²) >= 11 is 0.